The van der Waals surface area contributed by atoms with Crippen molar-refractivity contribution in [2.45, 2.75) is 40.0 Å². The summed E-state index contributed by atoms with van der Waals surface area (Å²) in [6.45, 7) is 6.76. The van der Waals surface area contributed by atoms with Crippen LogP contribution in [0.4, 0.5) is 5.69 Å². The van der Waals surface area contributed by atoms with Crippen LogP contribution < -0.4 is 11.1 Å². The van der Waals surface area contributed by atoms with Gasteiger partial charge in [0.05, 0.1) is 11.9 Å². The highest BCUT2D eigenvalue weighted by Gasteiger charge is 2.18. The molecule has 1 amide bonds. The minimum atomic E-state index is -0.00591. The highest BCUT2D eigenvalue weighted by atomic mass is 35.5. The van der Waals surface area contributed by atoms with Crippen molar-refractivity contribution in [1.82, 2.24) is 4.98 Å². The number of carbonyl (C=O) groups is 1. The van der Waals surface area contributed by atoms with Crippen LogP contribution in [-0.2, 0) is 4.79 Å². The second kappa shape index (κ2) is 6.87. The zero-order valence-corrected chi connectivity index (χ0v) is 12.5. The van der Waals surface area contributed by atoms with E-state index in [4.69, 9.17) is 17.3 Å². The van der Waals surface area contributed by atoms with Crippen molar-refractivity contribution in [2.75, 3.05) is 11.9 Å². The fraction of sp³-hybridized carbons (Fsp3) is 0.571. The summed E-state index contributed by atoms with van der Waals surface area (Å²) in [7, 11) is 0. The average molecular weight is 284 g/mol. The van der Waals surface area contributed by atoms with Crippen molar-refractivity contribution in [3.63, 3.8) is 0 Å². The predicted octanol–water partition coefficient (Wildman–Crippen LogP) is 3.14. The highest BCUT2D eigenvalue weighted by Crippen LogP contribution is 2.26. The molecule has 0 unspecified atom stereocenters. The molecule has 3 N–H and O–H groups in total. The van der Waals surface area contributed by atoms with Crippen LogP contribution in [0.2, 0.25) is 5.15 Å². The third-order valence-electron chi connectivity index (χ3n) is 3.15. The molecule has 19 heavy (non-hydrogen) atoms. The zero-order chi connectivity index (χ0) is 14.5. The third kappa shape index (κ3) is 5.57. The quantitative estimate of drug-likeness (QED) is 0.788. The summed E-state index contributed by atoms with van der Waals surface area (Å²) in [4.78, 5) is 15.9. The van der Waals surface area contributed by atoms with Crippen LogP contribution >= 0.6 is 11.6 Å². The van der Waals surface area contributed by atoms with Crippen LogP contribution in [0, 0.1) is 12.3 Å². The molecule has 106 valence electrons. The number of hydrogen-bond donors (Lipinski definition) is 2. The van der Waals surface area contributed by atoms with Crippen LogP contribution in [0.3, 0.4) is 0 Å². The van der Waals surface area contributed by atoms with Gasteiger partial charge in [-0.25, -0.2) is 4.98 Å². The van der Waals surface area contributed by atoms with E-state index < -0.39 is 0 Å². The SMILES string of the molecule is Cc1cc(NC(=O)CCC(C)(C)CCN)cnc1Cl. The van der Waals surface area contributed by atoms with Gasteiger partial charge in [-0.05, 0) is 43.4 Å². The second-order valence-electron chi connectivity index (χ2n) is 5.58. The first kappa shape index (κ1) is 15.9. The van der Waals surface area contributed by atoms with E-state index in [1.54, 1.807) is 6.20 Å². The maximum Gasteiger partial charge on any atom is 0.224 e. The molecule has 5 heteroatoms. The molecule has 0 fully saturated rings. The Kier molecular flexibility index (Phi) is 5.76. The van der Waals surface area contributed by atoms with E-state index in [2.05, 4.69) is 24.1 Å². The van der Waals surface area contributed by atoms with Gasteiger partial charge in [-0.3, -0.25) is 4.79 Å². The van der Waals surface area contributed by atoms with Crippen molar-refractivity contribution in [3.8, 4) is 0 Å². The number of halogens is 1. The molecule has 0 aliphatic carbocycles. The number of nitrogens with one attached hydrogen (secondary N) is 1. The minimum absolute atomic E-state index is 0.00591. The number of pyridine rings is 1. The van der Waals surface area contributed by atoms with Crippen molar-refractivity contribution < 1.29 is 4.79 Å². The van der Waals surface area contributed by atoms with Crippen LogP contribution in [0.15, 0.2) is 12.3 Å². The molecule has 1 aromatic heterocycles. The molecule has 0 atom stereocenters. The zero-order valence-electron chi connectivity index (χ0n) is 11.8. The smallest absolute Gasteiger partial charge is 0.224 e. The summed E-state index contributed by atoms with van der Waals surface area (Å²) in [6, 6.07) is 1.82. The molecule has 0 saturated heterocycles. The van der Waals surface area contributed by atoms with Crippen LogP contribution in [-0.4, -0.2) is 17.4 Å². The second-order valence-corrected chi connectivity index (χ2v) is 5.94. The maximum absolute atomic E-state index is 11.9. The predicted molar refractivity (Wildman–Crippen MR) is 79.3 cm³/mol. The Morgan fingerprint density at radius 3 is 2.74 bits per heavy atom. The molecule has 0 bridgehead atoms. The number of aromatic nitrogens is 1. The number of rotatable bonds is 6. The Morgan fingerprint density at radius 2 is 2.16 bits per heavy atom. The number of anilines is 1. The van der Waals surface area contributed by atoms with E-state index in [9.17, 15) is 4.79 Å². The summed E-state index contributed by atoms with van der Waals surface area (Å²) in [6.07, 6.45) is 3.78. The highest BCUT2D eigenvalue weighted by molar-refractivity contribution is 6.30. The van der Waals surface area contributed by atoms with Gasteiger partial charge in [-0.1, -0.05) is 25.4 Å². The molecule has 1 aromatic rings. The van der Waals surface area contributed by atoms with Gasteiger partial charge in [-0.2, -0.15) is 0 Å². The molecule has 1 heterocycles. The number of hydrogen-bond acceptors (Lipinski definition) is 3. The first-order valence-corrected chi connectivity index (χ1v) is 6.84. The molecule has 1 rings (SSSR count). The van der Waals surface area contributed by atoms with Crippen molar-refractivity contribution in [3.05, 3.63) is 23.0 Å². The van der Waals surface area contributed by atoms with Crippen molar-refractivity contribution in [2.24, 2.45) is 11.1 Å². The van der Waals surface area contributed by atoms with Crippen molar-refractivity contribution >= 4 is 23.2 Å². The molecule has 0 aromatic carbocycles. The van der Waals surface area contributed by atoms with Gasteiger partial charge in [0.15, 0.2) is 0 Å². The Hall–Kier alpha value is -1.13. The third-order valence-corrected chi connectivity index (χ3v) is 3.54. The minimum Gasteiger partial charge on any atom is -0.330 e. The summed E-state index contributed by atoms with van der Waals surface area (Å²) in [5.74, 6) is -0.00591. The molecule has 0 aliphatic heterocycles. The monoisotopic (exact) mass is 283 g/mol. The lowest BCUT2D eigenvalue weighted by molar-refractivity contribution is -0.116. The van der Waals surface area contributed by atoms with Gasteiger partial charge in [0.2, 0.25) is 5.91 Å². The van der Waals surface area contributed by atoms with Gasteiger partial charge in [0, 0.05) is 6.42 Å². The lowest BCUT2D eigenvalue weighted by Crippen LogP contribution is -2.20. The Labute approximate surface area is 119 Å². The first-order chi connectivity index (χ1) is 8.84. The summed E-state index contributed by atoms with van der Waals surface area (Å²) in [5.41, 5.74) is 7.19. The topological polar surface area (TPSA) is 68.0 Å². The number of aryl methyl sites for hydroxylation is 1. The van der Waals surface area contributed by atoms with Gasteiger partial charge < -0.3 is 11.1 Å². The van der Waals surface area contributed by atoms with E-state index >= 15 is 0 Å². The van der Waals surface area contributed by atoms with Gasteiger partial charge in [0.1, 0.15) is 5.15 Å². The molecule has 0 spiro atoms. The summed E-state index contributed by atoms with van der Waals surface area (Å²) < 4.78 is 0. The lowest BCUT2D eigenvalue weighted by Gasteiger charge is -2.23. The van der Waals surface area contributed by atoms with E-state index in [1.165, 1.54) is 0 Å². The van der Waals surface area contributed by atoms with Crippen LogP contribution in [0.25, 0.3) is 0 Å². The van der Waals surface area contributed by atoms with Crippen LogP contribution in [0.5, 0.6) is 0 Å². The fourth-order valence-electron chi connectivity index (χ4n) is 1.82. The molecular weight excluding hydrogens is 262 g/mol. The Bertz CT molecular complexity index is 446. The summed E-state index contributed by atoms with van der Waals surface area (Å²) >= 11 is 5.84. The van der Waals surface area contributed by atoms with E-state index in [1.807, 2.05) is 13.0 Å². The van der Waals surface area contributed by atoms with Gasteiger partial charge in [-0.15, -0.1) is 0 Å². The lowest BCUT2D eigenvalue weighted by atomic mass is 9.84. The number of amides is 1. The largest absolute Gasteiger partial charge is 0.330 e. The first-order valence-electron chi connectivity index (χ1n) is 6.46. The van der Waals surface area contributed by atoms with Crippen molar-refractivity contribution in [1.29, 1.82) is 0 Å². The summed E-state index contributed by atoms with van der Waals surface area (Å²) in [5, 5.41) is 3.29. The standard InChI is InChI=1S/C14H22ClN3O/c1-10-8-11(9-17-13(10)15)18-12(19)4-5-14(2,3)6-7-16/h8-9H,4-7,16H2,1-3H3,(H,18,19). The molecule has 0 radical (unpaired) electrons. The Balaban J connectivity index is 2.49. The number of carbonyl (C=O) groups excluding carboxylic acids is 1. The molecule has 0 saturated carbocycles. The van der Waals surface area contributed by atoms with E-state index in [0.29, 0.717) is 23.8 Å². The molecular formula is C14H22ClN3O. The Morgan fingerprint density at radius 1 is 1.47 bits per heavy atom. The fourth-order valence-corrected chi connectivity index (χ4v) is 1.92. The van der Waals surface area contributed by atoms with E-state index in [0.717, 1.165) is 18.4 Å². The number of nitrogens with zero attached hydrogens (tertiary/aromatic N) is 1. The molecule has 4 nitrogen and oxygen atoms in total. The average Bonchev–Trinajstić information content (AvgIpc) is 2.32. The number of nitrogens with two attached hydrogens (primary N) is 1. The van der Waals surface area contributed by atoms with E-state index in [-0.39, 0.29) is 11.3 Å². The van der Waals surface area contributed by atoms with Gasteiger partial charge in [0.25, 0.3) is 0 Å². The normalized spacial score (nSPS) is 11.4. The maximum atomic E-state index is 11.9. The molecule has 0 aliphatic rings. The van der Waals surface area contributed by atoms with Gasteiger partial charge >= 0.3 is 0 Å². The van der Waals surface area contributed by atoms with Crippen LogP contribution in [0.1, 0.15) is 38.7 Å².